The molecule has 2 aliphatic rings. The van der Waals surface area contributed by atoms with Crippen molar-refractivity contribution >= 4 is 17.6 Å². The summed E-state index contributed by atoms with van der Waals surface area (Å²) in [5.41, 5.74) is 1.68. The van der Waals surface area contributed by atoms with E-state index in [1.807, 2.05) is 24.3 Å². The van der Waals surface area contributed by atoms with E-state index in [1.54, 1.807) is 0 Å². The van der Waals surface area contributed by atoms with E-state index in [4.69, 9.17) is 4.74 Å². The Morgan fingerprint density at radius 2 is 1.90 bits per heavy atom. The van der Waals surface area contributed by atoms with Crippen LogP contribution in [0.3, 0.4) is 0 Å². The first-order valence-electron chi connectivity index (χ1n) is 6.90. The lowest BCUT2D eigenvalue weighted by Crippen LogP contribution is -2.46. The second-order valence-electron chi connectivity index (χ2n) is 5.28. The molecule has 1 amide bonds. The van der Waals surface area contributed by atoms with Gasteiger partial charge in [-0.2, -0.15) is 0 Å². The molecule has 5 heteroatoms. The number of ether oxygens (including phenoxy) is 1. The quantitative estimate of drug-likeness (QED) is 0.887. The summed E-state index contributed by atoms with van der Waals surface area (Å²) in [5, 5.41) is 9.38. The minimum absolute atomic E-state index is 0.0781. The maximum atomic E-state index is 12.7. The number of hydrogen-bond acceptors (Lipinski definition) is 3. The number of aliphatic carboxylic acids is 1. The Kier molecular flexibility index (Phi) is 3.44. The number of amides is 1. The van der Waals surface area contributed by atoms with E-state index in [2.05, 4.69) is 0 Å². The summed E-state index contributed by atoms with van der Waals surface area (Å²) >= 11 is 0. The molecule has 2 aliphatic heterocycles. The van der Waals surface area contributed by atoms with Gasteiger partial charge in [-0.05, 0) is 24.5 Å². The maximum Gasteiger partial charge on any atom is 0.327 e. The minimum Gasteiger partial charge on any atom is -0.480 e. The van der Waals surface area contributed by atoms with E-state index < -0.39 is 12.0 Å². The molecule has 2 heterocycles. The van der Waals surface area contributed by atoms with E-state index in [-0.39, 0.29) is 11.8 Å². The predicted molar refractivity (Wildman–Crippen MR) is 72.6 cm³/mol. The van der Waals surface area contributed by atoms with Gasteiger partial charge in [0.25, 0.3) is 0 Å². The van der Waals surface area contributed by atoms with Crippen LogP contribution in [0.1, 0.15) is 18.4 Å². The average Bonchev–Trinajstić information content (AvgIpc) is 2.87. The molecule has 106 valence electrons. The number of carbonyl (C=O) groups is 2. The van der Waals surface area contributed by atoms with Crippen LogP contribution in [-0.2, 0) is 20.7 Å². The molecule has 1 aromatic rings. The molecule has 0 spiro atoms. The van der Waals surface area contributed by atoms with Gasteiger partial charge in [-0.25, -0.2) is 4.79 Å². The Balaban J connectivity index is 1.91. The Bertz CT molecular complexity index is 536. The number of anilines is 1. The summed E-state index contributed by atoms with van der Waals surface area (Å²) in [6.45, 7) is 1.15. The first kappa shape index (κ1) is 13.1. The van der Waals surface area contributed by atoms with Gasteiger partial charge in [0.15, 0.2) is 0 Å². The van der Waals surface area contributed by atoms with Crippen LogP contribution in [0.25, 0.3) is 0 Å². The topological polar surface area (TPSA) is 66.8 Å². The van der Waals surface area contributed by atoms with E-state index in [9.17, 15) is 14.7 Å². The highest BCUT2D eigenvalue weighted by Crippen LogP contribution is 2.34. The van der Waals surface area contributed by atoms with Crippen molar-refractivity contribution in [2.75, 3.05) is 18.1 Å². The van der Waals surface area contributed by atoms with Crippen LogP contribution >= 0.6 is 0 Å². The molecule has 1 saturated heterocycles. The molecule has 1 aromatic carbocycles. The molecule has 0 unspecified atom stereocenters. The molecule has 0 bridgehead atoms. The highest BCUT2D eigenvalue weighted by atomic mass is 16.5. The molecule has 0 aromatic heterocycles. The van der Waals surface area contributed by atoms with Crippen molar-refractivity contribution in [2.24, 2.45) is 5.92 Å². The summed E-state index contributed by atoms with van der Waals surface area (Å²) in [6, 6.07) is 6.66. The van der Waals surface area contributed by atoms with Gasteiger partial charge < -0.3 is 9.84 Å². The van der Waals surface area contributed by atoms with E-state index >= 15 is 0 Å². The number of carboxylic acid groups (broad SMARTS) is 1. The standard InChI is InChI=1S/C15H17NO4/c17-14(10-5-7-20-8-6-10)16-12-4-2-1-3-11(12)9-13(16)15(18)19/h1-4,10,13H,5-9H2,(H,18,19)/t13-/m0/s1. The van der Waals surface area contributed by atoms with E-state index in [0.29, 0.717) is 32.5 Å². The van der Waals surface area contributed by atoms with Gasteiger partial charge >= 0.3 is 5.97 Å². The summed E-state index contributed by atoms with van der Waals surface area (Å²) < 4.78 is 5.27. The van der Waals surface area contributed by atoms with Gasteiger partial charge in [-0.15, -0.1) is 0 Å². The average molecular weight is 275 g/mol. The number of hydrogen-bond donors (Lipinski definition) is 1. The van der Waals surface area contributed by atoms with Crippen LogP contribution in [0.15, 0.2) is 24.3 Å². The zero-order chi connectivity index (χ0) is 14.1. The number of carboxylic acids is 1. The smallest absolute Gasteiger partial charge is 0.327 e. The fraction of sp³-hybridized carbons (Fsp3) is 0.467. The van der Waals surface area contributed by atoms with Crippen molar-refractivity contribution in [3.8, 4) is 0 Å². The summed E-state index contributed by atoms with van der Waals surface area (Å²) in [4.78, 5) is 25.6. The van der Waals surface area contributed by atoms with Crippen molar-refractivity contribution in [3.63, 3.8) is 0 Å². The number of rotatable bonds is 2. The van der Waals surface area contributed by atoms with Crippen molar-refractivity contribution < 1.29 is 19.4 Å². The third-order valence-corrected chi connectivity index (χ3v) is 4.07. The van der Waals surface area contributed by atoms with Gasteiger partial charge in [0.2, 0.25) is 5.91 Å². The van der Waals surface area contributed by atoms with Crippen LogP contribution < -0.4 is 4.90 Å². The summed E-state index contributed by atoms with van der Waals surface area (Å²) in [7, 11) is 0. The normalized spacial score (nSPS) is 22.6. The van der Waals surface area contributed by atoms with Crippen molar-refractivity contribution in [1.29, 1.82) is 0 Å². The van der Waals surface area contributed by atoms with Crippen molar-refractivity contribution in [3.05, 3.63) is 29.8 Å². The zero-order valence-electron chi connectivity index (χ0n) is 11.1. The van der Waals surface area contributed by atoms with Crippen LogP contribution in [0.5, 0.6) is 0 Å². The third-order valence-electron chi connectivity index (χ3n) is 4.07. The van der Waals surface area contributed by atoms with E-state index in [1.165, 1.54) is 4.90 Å². The number of para-hydroxylation sites is 1. The molecular weight excluding hydrogens is 258 g/mol. The Hall–Kier alpha value is -1.88. The molecule has 0 radical (unpaired) electrons. The molecule has 20 heavy (non-hydrogen) atoms. The lowest BCUT2D eigenvalue weighted by molar-refractivity contribution is -0.140. The van der Waals surface area contributed by atoms with Crippen molar-refractivity contribution in [1.82, 2.24) is 0 Å². The minimum atomic E-state index is -0.943. The van der Waals surface area contributed by atoms with Gasteiger partial charge in [0.1, 0.15) is 6.04 Å². The van der Waals surface area contributed by atoms with Crippen molar-refractivity contribution in [2.45, 2.75) is 25.3 Å². The molecule has 0 aliphatic carbocycles. The van der Waals surface area contributed by atoms with Crippen LogP contribution in [0, 0.1) is 5.92 Å². The molecular formula is C15H17NO4. The lowest BCUT2D eigenvalue weighted by Gasteiger charge is -2.29. The number of benzene rings is 1. The first-order valence-corrected chi connectivity index (χ1v) is 6.90. The van der Waals surface area contributed by atoms with Crippen LogP contribution in [0.2, 0.25) is 0 Å². The second-order valence-corrected chi connectivity index (χ2v) is 5.28. The van der Waals surface area contributed by atoms with Gasteiger partial charge in [-0.1, -0.05) is 18.2 Å². The van der Waals surface area contributed by atoms with Gasteiger partial charge in [-0.3, -0.25) is 9.69 Å². The van der Waals surface area contributed by atoms with Crippen LogP contribution in [-0.4, -0.2) is 36.2 Å². The maximum absolute atomic E-state index is 12.7. The lowest BCUT2D eigenvalue weighted by atomic mass is 9.98. The monoisotopic (exact) mass is 275 g/mol. The molecule has 1 atom stereocenters. The zero-order valence-corrected chi connectivity index (χ0v) is 11.1. The predicted octanol–water partition coefficient (Wildman–Crippen LogP) is 1.46. The number of carbonyl (C=O) groups excluding carboxylic acids is 1. The Labute approximate surface area is 117 Å². The molecule has 1 fully saturated rings. The Morgan fingerprint density at radius 3 is 2.60 bits per heavy atom. The van der Waals surface area contributed by atoms with Gasteiger partial charge in [0, 0.05) is 31.2 Å². The van der Waals surface area contributed by atoms with E-state index in [0.717, 1.165) is 11.3 Å². The SMILES string of the molecule is O=C(O)[C@@H]1Cc2ccccc2N1C(=O)C1CCOCC1. The molecule has 1 N–H and O–H groups in total. The molecule has 5 nitrogen and oxygen atoms in total. The summed E-state index contributed by atoms with van der Waals surface area (Å²) in [6.07, 6.45) is 1.73. The number of fused-ring (bicyclic) bond motifs is 1. The Morgan fingerprint density at radius 1 is 1.20 bits per heavy atom. The summed E-state index contributed by atoms with van der Waals surface area (Å²) in [5.74, 6) is -1.15. The number of nitrogens with zero attached hydrogens (tertiary/aromatic N) is 1. The van der Waals surface area contributed by atoms with Crippen LogP contribution in [0.4, 0.5) is 5.69 Å². The highest BCUT2D eigenvalue weighted by molar-refractivity contribution is 6.03. The second kappa shape index (κ2) is 5.25. The molecule has 3 rings (SSSR count). The van der Waals surface area contributed by atoms with Gasteiger partial charge in [0.05, 0.1) is 0 Å². The first-order chi connectivity index (χ1) is 9.68. The fourth-order valence-corrected chi connectivity index (χ4v) is 3.00. The molecule has 0 saturated carbocycles. The highest BCUT2D eigenvalue weighted by Gasteiger charge is 2.40. The largest absolute Gasteiger partial charge is 0.480 e. The fourth-order valence-electron chi connectivity index (χ4n) is 3.00. The third kappa shape index (κ3) is 2.18.